The van der Waals surface area contributed by atoms with Gasteiger partial charge in [-0.05, 0) is 12.5 Å². The van der Waals surface area contributed by atoms with Crippen LogP contribution in [0.15, 0.2) is 12.7 Å². The van der Waals surface area contributed by atoms with Crippen molar-refractivity contribution in [3.63, 3.8) is 0 Å². The number of thioether (sulfide) groups is 1. The molecule has 1 unspecified atom stereocenters. The van der Waals surface area contributed by atoms with Crippen LogP contribution in [0.1, 0.15) is 58.8 Å². The van der Waals surface area contributed by atoms with E-state index in [-0.39, 0.29) is 5.91 Å². The summed E-state index contributed by atoms with van der Waals surface area (Å²) in [6.07, 6.45) is 10.8. The van der Waals surface area contributed by atoms with Gasteiger partial charge in [0.2, 0.25) is 5.91 Å². The van der Waals surface area contributed by atoms with E-state index in [9.17, 15) is 4.79 Å². The van der Waals surface area contributed by atoms with Crippen LogP contribution in [-0.4, -0.2) is 23.5 Å². The molecule has 0 aliphatic heterocycles. The molecule has 0 heterocycles. The number of hydrogen-bond donors (Lipinski definition) is 1. The second kappa shape index (κ2) is 13.0. The van der Waals surface area contributed by atoms with Gasteiger partial charge in [-0.2, -0.15) is 11.8 Å². The maximum absolute atomic E-state index is 10.9. The summed E-state index contributed by atoms with van der Waals surface area (Å²) in [5, 5.41) is 3.51. The largest absolute Gasteiger partial charge is 0.352 e. The van der Waals surface area contributed by atoms with Gasteiger partial charge in [-0.15, -0.1) is 0 Å². The van der Waals surface area contributed by atoms with Crippen molar-refractivity contribution in [3.05, 3.63) is 12.7 Å². The Morgan fingerprint density at radius 2 is 1.94 bits per heavy atom. The highest BCUT2D eigenvalue weighted by Crippen LogP contribution is 2.17. The number of carbonyl (C=O) groups excluding carboxylic acids is 1. The molecule has 0 bridgehead atoms. The Morgan fingerprint density at radius 3 is 2.61 bits per heavy atom. The summed E-state index contributed by atoms with van der Waals surface area (Å²) < 4.78 is 0. The Labute approximate surface area is 117 Å². The van der Waals surface area contributed by atoms with Crippen molar-refractivity contribution in [1.29, 1.82) is 0 Å². The molecule has 0 rings (SSSR count). The molecular formula is C15H29NOS. The van der Waals surface area contributed by atoms with E-state index >= 15 is 0 Å². The molecule has 0 aromatic heterocycles. The van der Waals surface area contributed by atoms with Gasteiger partial charge in [0, 0.05) is 17.5 Å². The normalized spacial score (nSPS) is 12.1. The summed E-state index contributed by atoms with van der Waals surface area (Å²) in [5.74, 6) is 0.926. The van der Waals surface area contributed by atoms with E-state index in [1.54, 1.807) is 0 Å². The Bertz CT molecular complexity index is 219. The Hall–Kier alpha value is -0.440. The highest BCUT2D eigenvalue weighted by atomic mass is 32.2. The molecule has 1 amide bonds. The molecule has 0 saturated heterocycles. The van der Waals surface area contributed by atoms with Crippen molar-refractivity contribution in [2.24, 2.45) is 0 Å². The number of amides is 1. The van der Waals surface area contributed by atoms with Crippen molar-refractivity contribution in [3.8, 4) is 0 Å². The average Bonchev–Trinajstić information content (AvgIpc) is 2.38. The highest BCUT2D eigenvalue weighted by Gasteiger charge is 2.02. The zero-order valence-electron chi connectivity index (χ0n) is 12.0. The Morgan fingerprint density at radius 1 is 1.28 bits per heavy atom. The molecule has 0 fully saturated rings. The summed E-state index contributed by atoms with van der Waals surface area (Å²) in [5.41, 5.74) is 0. The molecule has 0 aromatic carbocycles. The van der Waals surface area contributed by atoms with Crippen LogP contribution in [0.2, 0.25) is 0 Å². The van der Waals surface area contributed by atoms with Crippen LogP contribution in [0.25, 0.3) is 0 Å². The lowest BCUT2D eigenvalue weighted by Crippen LogP contribution is -2.23. The van der Waals surface area contributed by atoms with E-state index < -0.39 is 0 Å². The lowest BCUT2D eigenvalue weighted by atomic mass is 10.1. The van der Waals surface area contributed by atoms with Gasteiger partial charge in [0.05, 0.1) is 0 Å². The highest BCUT2D eigenvalue weighted by molar-refractivity contribution is 7.99. The van der Waals surface area contributed by atoms with Gasteiger partial charge in [0.25, 0.3) is 0 Å². The molecule has 0 aromatic rings. The maximum Gasteiger partial charge on any atom is 0.243 e. The minimum atomic E-state index is -0.0702. The second-order valence-corrected chi connectivity index (χ2v) is 6.28. The molecule has 1 N–H and O–H groups in total. The first-order valence-corrected chi connectivity index (χ1v) is 8.27. The van der Waals surface area contributed by atoms with E-state index in [2.05, 4.69) is 25.7 Å². The van der Waals surface area contributed by atoms with Crippen molar-refractivity contribution in [2.75, 3.05) is 12.3 Å². The number of hydrogen-bond acceptors (Lipinski definition) is 2. The van der Waals surface area contributed by atoms with Crippen LogP contribution in [0.5, 0.6) is 0 Å². The SMILES string of the molecule is C=CC(=O)NCCSC(C)CCCCCCCC. The Kier molecular flexibility index (Phi) is 12.7. The third kappa shape index (κ3) is 12.0. The van der Waals surface area contributed by atoms with Crippen molar-refractivity contribution in [2.45, 2.75) is 64.0 Å². The van der Waals surface area contributed by atoms with E-state index in [4.69, 9.17) is 0 Å². The molecule has 106 valence electrons. The molecule has 0 saturated carbocycles. The fourth-order valence-corrected chi connectivity index (χ4v) is 2.76. The smallest absolute Gasteiger partial charge is 0.243 e. The summed E-state index contributed by atoms with van der Waals surface area (Å²) >= 11 is 1.95. The summed E-state index contributed by atoms with van der Waals surface area (Å²) in [6, 6.07) is 0. The Balaban J connectivity index is 3.24. The minimum absolute atomic E-state index is 0.0702. The van der Waals surface area contributed by atoms with Crippen LogP contribution in [0.3, 0.4) is 0 Å². The monoisotopic (exact) mass is 271 g/mol. The van der Waals surface area contributed by atoms with Crippen molar-refractivity contribution < 1.29 is 4.79 Å². The second-order valence-electron chi connectivity index (χ2n) is 4.73. The maximum atomic E-state index is 10.9. The molecule has 0 spiro atoms. The van der Waals surface area contributed by atoms with Gasteiger partial charge in [0.15, 0.2) is 0 Å². The van der Waals surface area contributed by atoms with E-state index in [1.807, 2.05) is 11.8 Å². The topological polar surface area (TPSA) is 29.1 Å². The predicted molar refractivity (Wildman–Crippen MR) is 83.1 cm³/mol. The fraction of sp³-hybridized carbons (Fsp3) is 0.800. The first kappa shape index (κ1) is 17.6. The molecule has 0 radical (unpaired) electrons. The van der Waals surface area contributed by atoms with E-state index in [0.29, 0.717) is 5.25 Å². The van der Waals surface area contributed by atoms with Crippen molar-refractivity contribution in [1.82, 2.24) is 5.32 Å². The third-order valence-electron chi connectivity index (χ3n) is 2.95. The predicted octanol–water partition coefficient (Wildman–Crippen LogP) is 4.16. The van der Waals surface area contributed by atoms with Crippen LogP contribution in [0.4, 0.5) is 0 Å². The van der Waals surface area contributed by atoms with Crippen LogP contribution >= 0.6 is 11.8 Å². The lowest BCUT2D eigenvalue weighted by Gasteiger charge is -2.11. The van der Waals surface area contributed by atoms with Gasteiger partial charge >= 0.3 is 0 Å². The lowest BCUT2D eigenvalue weighted by molar-refractivity contribution is -0.116. The molecular weight excluding hydrogens is 242 g/mol. The van der Waals surface area contributed by atoms with Gasteiger partial charge in [-0.1, -0.05) is 59.0 Å². The zero-order valence-corrected chi connectivity index (χ0v) is 12.9. The standard InChI is InChI=1S/C15H29NOS/c1-4-6-7-8-9-10-11-14(3)18-13-12-16-15(17)5-2/h5,14H,2,4,6-13H2,1,3H3,(H,16,17). The summed E-state index contributed by atoms with van der Waals surface area (Å²) in [6.45, 7) is 8.71. The third-order valence-corrected chi connectivity index (χ3v) is 4.20. The number of rotatable bonds is 12. The molecule has 2 nitrogen and oxygen atoms in total. The number of nitrogens with one attached hydrogen (secondary N) is 1. The minimum Gasteiger partial charge on any atom is -0.352 e. The van der Waals surface area contributed by atoms with Gasteiger partial charge in [-0.25, -0.2) is 0 Å². The zero-order chi connectivity index (χ0) is 13.6. The number of carbonyl (C=O) groups is 1. The number of unbranched alkanes of at least 4 members (excludes halogenated alkanes) is 5. The quantitative estimate of drug-likeness (QED) is 0.426. The molecule has 0 aliphatic rings. The fourth-order valence-electron chi connectivity index (χ4n) is 1.80. The first-order valence-electron chi connectivity index (χ1n) is 7.22. The average molecular weight is 271 g/mol. The molecule has 1 atom stereocenters. The molecule has 18 heavy (non-hydrogen) atoms. The molecule has 3 heteroatoms. The van der Waals surface area contributed by atoms with Gasteiger partial charge in [-0.3, -0.25) is 4.79 Å². The molecule has 0 aliphatic carbocycles. The van der Waals surface area contributed by atoms with E-state index in [0.717, 1.165) is 12.3 Å². The first-order chi connectivity index (χ1) is 8.70. The summed E-state index contributed by atoms with van der Waals surface area (Å²) in [7, 11) is 0. The van der Waals surface area contributed by atoms with Gasteiger partial charge < -0.3 is 5.32 Å². The van der Waals surface area contributed by atoms with Crippen LogP contribution in [0, 0.1) is 0 Å². The van der Waals surface area contributed by atoms with E-state index in [1.165, 1.54) is 51.0 Å². The summed E-state index contributed by atoms with van der Waals surface area (Å²) in [4.78, 5) is 10.9. The van der Waals surface area contributed by atoms with Crippen molar-refractivity contribution >= 4 is 17.7 Å². The van der Waals surface area contributed by atoms with Gasteiger partial charge in [0.1, 0.15) is 0 Å². The van der Waals surface area contributed by atoms with Crippen LogP contribution in [-0.2, 0) is 4.79 Å². The van der Waals surface area contributed by atoms with Crippen LogP contribution < -0.4 is 5.32 Å².